The molecule has 6 heteroatoms. The Morgan fingerprint density at radius 3 is 2.41 bits per heavy atom. The standard InChI is InChI=1S/C26H26N2O4/c1-5-14-28-26(30)22(17-27)15-20-8-12-23(24(16-20)31-4)32-25(29)13-9-19-6-10-21(11-7-19)18(2)3/h5-13,15-16,18H,1,14H2,2-4H3,(H,28,30). The summed E-state index contributed by atoms with van der Waals surface area (Å²) in [6.45, 7) is 8.01. The van der Waals surface area contributed by atoms with Crippen LogP contribution in [0.1, 0.15) is 36.5 Å². The molecule has 0 saturated carbocycles. The number of amides is 1. The molecule has 1 N–H and O–H groups in total. The van der Waals surface area contributed by atoms with E-state index in [1.807, 2.05) is 30.3 Å². The lowest BCUT2D eigenvalue weighted by Crippen LogP contribution is -2.24. The van der Waals surface area contributed by atoms with Gasteiger partial charge in [0.25, 0.3) is 5.91 Å². The van der Waals surface area contributed by atoms with Crippen LogP contribution < -0.4 is 14.8 Å². The van der Waals surface area contributed by atoms with Gasteiger partial charge in [0.1, 0.15) is 11.6 Å². The van der Waals surface area contributed by atoms with Crippen LogP contribution >= 0.6 is 0 Å². The molecule has 2 rings (SSSR count). The van der Waals surface area contributed by atoms with Crippen LogP contribution in [-0.2, 0) is 9.59 Å². The van der Waals surface area contributed by atoms with Gasteiger partial charge in [0, 0.05) is 12.6 Å². The molecule has 0 radical (unpaired) electrons. The molecule has 1 amide bonds. The SMILES string of the molecule is C=CCNC(=O)C(C#N)=Cc1ccc(OC(=O)C=Cc2ccc(C(C)C)cc2)c(OC)c1. The summed E-state index contributed by atoms with van der Waals surface area (Å²) in [5.74, 6) is -0.0989. The Hall–Kier alpha value is -4.11. The van der Waals surface area contributed by atoms with Crippen LogP contribution in [0.3, 0.4) is 0 Å². The number of hydrogen-bond acceptors (Lipinski definition) is 5. The van der Waals surface area contributed by atoms with E-state index in [0.717, 1.165) is 5.56 Å². The Bertz CT molecular complexity index is 1070. The van der Waals surface area contributed by atoms with Crippen LogP contribution in [0.5, 0.6) is 11.5 Å². The third kappa shape index (κ3) is 6.99. The van der Waals surface area contributed by atoms with Gasteiger partial charge in [0.15, 0.2) is 11.5 Å². The molecule has 0 aliphatic carbocycles. The predicted molar refractivity (Wildman–Crippen MR) is 125 cm³/mol. The molecule has 164 valence electrons. The Kier molecular flexibility index (Phi) is 9.00. The zero-order valence-corrected chi connectivity index (χ0v) is 18.4. The number of benzene rings is 2. The van der Waals surface area contributed by atoms with E-state index in [-0.39, 0.29) is 17.9 Å². The highest BCUT2D eigenvalue weighted by Crippen LogP contribution is 2.29. The molecule has 32 heavy (non-hydrogen) atoms. The van der Waals surface area contributed by atoms with Crippen molar-refractivity contribution in [3.05, 3.63) is 83.5 Å². The van der Waals surface area contributed by atoms with E-state index in [2.05, 4.69) is 25.7 Å². The Labute approximate surface area is 188 Å². The van der Waals surface area contributed by atoms with E-state index in [9.17, 15) is 14.9 Å². The van der Waals surface area contributed by atoms with E-state index >= 15 is 0 Å². The number of nitriles is 1. The maximum atomic E-state index is 12.2. The maximum Gasteiger partial charge on any atom is 0.336 e. The van der Waals surface area contributed by atoms with E-state index in [0.29, 0.717) is 17.2 Å². The minimum Gasteiger partial charge on any atom is -0.493 e. The van der Waals surface area contributed by atoms with Crippen molar-refractivity contribution in [2.75, 3.05) is 13.7 Å². The van der Waals surface area contributed by atoms with Crippen molar-refractivity contribution in [1.29, 1.82) is 5.26 Å². The fraction of sp³-hybridized carbons (Fsp3) is 0.192. The molecule has 0 aliphatic heterocycles. The van der Waals surface area contributed by atoms with Gasteiger partial charge in [0.05, 0.1) is 7.11 Å². The molecule has 0 heterocycles. The Morgan fingerprint density at radius 2 is 1.81 bits per heavy atom. The summed E-state index contributed by atoms with van der Waals surface area (Å²) in [6, 6.07) is 14.6. The van der Waals surface area contributed by atoms with Crippen molar-refractivity contribution in [1.82, 2.24) is 5.32 Å². The second kappa shape index (κ2) is 11.9. The number of rotatable bonds is 9. The van der Waals surface area contributed by atoms with Gasteiger partial charge in [-0.25, -0.2) is 4.79 Å². The Morgan fingerprint density at radius 1 is 1.12 bits per heavy atom. The summed E-state index contributed by atoms with van der Waals surface area (Å²) in [5, 5.41) is 11.8. The third-order valence-electron chi connectivity index (χ3n) is 4.50. The maximum absolute atomic E-state index is 12.2. The van der Waals surface area contributed by atoms with Gasteiger partial charge >= 0.3 is 5.97 Å². The molecule has 2 aromatic carbocycles. The average molecular weight is 431 g/mol. The summed E-state index contributed by atoms with van der Waals surface area (Å²) in [6.07, 6.45) is 5.97. The number of carbonyl (C=O) groups is 2. The number of hydrogen-bond donors (Lipinski definition) is 1. The summed E-state index contributed by atoms with van der Waals surface area (Å²) in [4.78, 5) is 24.2. The molecule has 6 nitrogen and oxygen atoms in total. The molecular formula is C26H26N2O4. The lowest BCUT2D eigenvalue weighted by Gasteiger charge is -2.09. The monoisotopic (exact) mass is 430 g/mol. The number of carbonyl (C=O) groups excluding carboxylic acids is 2. The molecule has 2 aromatic rings. The average Bonchev–Trinajstić information content (AvgIpc) is 2.80. The third-order valence-corrected chi connectivity index (χ3v) is 4.50. The fourth-order valence-electron chi connectivity index (χ4n) is 2.73. The van der Waals surface area contributed by atoms with Crippen LogP contribution in [0.25, 0.3) is 12.2 Å². The van der Waals surface area contributed by atoms with Crippen molar-refractivity contribution in [2.45, 2.75) is 19.8 Å². The first-order valence-corrected chi connectivity index (χ1v) is 10.1. The van der Waals surface area contributed by atoms with Gasteiger partial charge in [-0.05, 0) is 46.9 Å². The molecule has 0 saturated heterocycles. The molecule has 0 bridgehead atoms. The van der Waals surface area contributed by atoms with Crippen LogP contribution in [0, 0.1) is 11.3 Å². The number of nitrogens with zero attached hydrogens (tertiary/aromatic N) is 1. The first-order valence-electron chi connectivity index (χ1n) is 10.1. The highest BCUT2D eigenvalue weighted by molar-refractivity contribution is 6.01. The highest BCUT2D eigenvalue weighted by atomic mass is 16.6. The molecule has 0 atom stereocenters. The summed E-state index contributed by atoms with van der Waals surface area (Å²) in [7, 11) is 1.44. The summed E-state index contributed by atoms with van der Waals surface area (Å²) < 4.78 is 10.7. The van der Waals surface area contributed by atoms with E-state index in [4.69, 9.17) is 9.47 Å². The second-order valence-corrected chi connectivity index (χ2v) is 7.15. The van der Waals surface area contributed by atoms with Crippen molar-refractivity contribution in [2.24, 2.45) is 0 Å². The molecule has 0 aromatic heterocycles. The quantitative estimate of drug-likeness (QED) is 0.206. The Balaban J connectivity index is 2.12. The van der Waals surface area contributed by atoms with Crippen molar-refractivity contribution >= 4 is 24.0 Å². The summed E-state index contributed by atoms with van der Waals surface area (Å²) in [5.41, 5.74) is 2.59. The number of esters is 1. The first-order chi connectivity index (χ1) is 15.4. The van der Waals surface area contributed by atoms with Crippen molar-refractivity contribution in [3.63, 3.8) is 0 Å². The lowest BCUT2D eigenvalue weighted by molar-refractivity contribution is -0.129. The van der Waals surface area contributed by atoms with Crippen molar-refractivity contribution < 1.29 is 19.1 Å². The molecule has 0 fully saturated rings. The summed E-state index contributed by atoms with van der Waals surface area (Å²) >= 11 is 0. The van der Waals surface area contributed by atoms with Crippen molar-refractivity contribution in [3.8, 4) is 17.6 Å². The highest BCUT2D eigenvalue weighted by Gasteiger charge is 2.11. The zero-order valence-electron chi connectivity index (χ0n) is 18.4. The van der Waals surface area contributed by atoms with E-state index < -0.39 is 11.9 Å². The minimum atomic E-state index is -0.555. The number of nitrogens with one attached hydrogen (secondary N) is 1. The van der Waals surface area contributed by atoms with Crippen LogP contribution in [-0.4, -0.2) is 25.5 Å². The largest absolute Gasteiger partial charge is 0.493 e. The number of ether oxygens (including phenoxy) is 2. The predicted octanol–water partition coefficient (Wildman–Crippen LogP) is 4.65. The number of methoxy groups -OCH3 is 1. The van der Waals surface area contributed by atoms with Gasteiger partial charge in [-0.15, -0.1) is 6.58 Å². The van der Waals surface area contributed by atoms with Crippen LogP contribution in [0.4, 0.5) is 0 Å². The van der Waals surface area contributed by atoms with Crippen LogP contribution in [0.2, 0.25) is 0 Å². The smallest absolute Gasteiger partial charge is 0.336 e. The minimum absolute atomic E-state index is 0.0648. The van der Waals surface area contributed by atoms with Gasteiger partial charge < -0.3 is 14.8 Å². The van der Waals surface area contributed by atoms with Gasteiger partial charge in [-0.2, -0.15) is 5.26 Å². The molecule has 0 aliphatic rings. The van der Waals surface area contributed by atoms with Gasteiger partial charge in [-0.3, -0.25) is 4.79 Å². The zero-order chi connectivity index (χ0) is 23.5. The van der Waals surface area contributed by atoms with Gasteiger partial charge in [-0.1, -0.05) is 50.3 Å². The van der Waals surface area contributed by atoms with Crippen LogP contribution in [0.15, 0.2) is 66.8 Å². The van der Waals surface area contributed by atoms with E-state index in [1.165, 1.54) is 30.9 Å². The molecule has 0 spiro atoms. The lowest BCUT2D eigenvalue weighted by atomic mass is 10.0. The second-order valence-electron chi connectivity index (χ2n) is 7.15. The van der Waals surface area contributed by atoms with Gasteiger partial charge in [0.2, 0.25) is 0 Å². The topological polar surface area (TPSA) is 88.4 Å². The molecule has 0 unspecified atom stereocenters. The first kappa shape index (κ1) is 24.2. The van der Waals surface area contributed by atoms with E-state index in [1.54, 1.807) is 24.3 Å². The normalized spacial score (nSPS) is 11.2. The molecular weight excluding hydrogens is 404 g/mol. The fourth-order valence-corrected chi connectivity index (χ4v) is 2.73.